The summed E-state index contributed by atoms with van der Waals surface area (Å²) in [5, 5.41) is 2.79. The number of nitrogens with one attached hydrogen (secondary N) is 1. The predicted molar refractivity (Wildman–Crippen MR) is 75.1 cm³/mol. The first-order valence-electron chi connectivity index (χ1n) is 6.96. The average Bonchev–Trinajstić information content (AvgIpc) is 2.48. The predicted octanol–water partition coefficient (Wildman–Crippen LogP) is 3.00. The molecular weight excluding hydrogens is 240 g/mol. The molecule has 2 rings (SSSR count). The Labute approximate surface area is 114 Å². The number of hydrogen-bond donors (Lipinski definition) is 1. The van der Waals surface area contributed by atoms with Gasteiger partial charge < -0.3 is 15.0 Å². The standard InChI is InChI=1S/C15H22N2O2/c1-17(13-8-4-2-5-9-13)15(18)16-12-19-14-10-6-3-7-11-14/h3,6-7,10-11,13H,2,4-5,8-9,12H2,1H3,(H,16,18). The number of hydrogen-bond acceptors (Lipinski definition) is 2. The third-order valence-corrected chi connectivity index (χ3v) is 3.65. The van der Waals surface area contributed by atoms with Gasteiger partial charge in [0.2, 0.25) is 0 Å². The molecule has 19 heavy (non-hydrogen) atoms. The van der Waals surface area contributed by atoms with E-state index in [-0.39, 0.29) is 12.8 Å². The summed E-state index contributed by atoms with van der Waals surface area (Å²) in [4.78, 5) is 13.8. The smallest absolute Gasteiger partial charge is 0.319 e. The zero-order valence-electron chi connectivity index (χ0n) is 11.5. The van der Waals surface area contributed by atoms with Gasteiger partial charge in [-0.25, -0.2) is 4.79 Å². The lowest BCUT2D eigenvalue weighted by Crippen LogP contribution is -2.45. The van der Waals surface area contributed by atoms with E-state index in [1.807, 2.05) is 42.3 Å². The lowest BCUT2D eigenvalue weighted by atomic mass is 9.95. The summed E-state index contributed by atoms with van der Waals surface area (Å²) >= 11 is 0. The van der Waals surface area contributed by atoms with Crippen molar-refractivity contribution in [2.24, 2.45) is 0 Å². The van der Waals surface area contributed by atoms with Gasteiger partial charge >= 0.3 is 6.03 Å². The highest BCUT2D eigenvalue weighted by Crippen LogP contribution is 2.21. The third-order valence-electron chi connectivity index (χ3n) is 3.65. The summed E-state index contributed by atoms with van der Waals surface area (Å²) in [5.41, 5.74) is 0. The molecule has 0 unspecified atom stereocenters. The Kier molecular flexibility index (Phi) is 5.07. The zero-order valence-corrected chi connectivity index (χ0v) is 11.5. The molecule has 2 amide bonds. The van der Waals surface area contributed by atoms with Crippen LogP contribution >= 0.6 is 0 Å². The quantitative estimate of drug-likeness (QED) is 0.847. The molecule has 0 aromatic heterocycles. The van der Waals surface area contributed by atoms with E-state index in [0.717, 1.165) is 18.6 Å². The molecule has 1 aliphatic carbocycles. The van der Waals surface area contributed by atoms with Crippen LogP contribution in [0.15, 0.2) is 30.3 Å². The summed E-state index contributed by atoms with van der Waals surface area (Å²) in [7, 11) is 1.87. The van der Waals surface area contributed by atoms with Crippen LogP contribution in [0.5, 0.6) is 5.75 Å². The van der Waals surface area contributed by atoms with Crippen LogP contribution < -0.4 is 10.1 Å². The van der Waals surface area contributed by atoms with Crippen molar-refractivity contribution in [2.45, 2.75) is 38.1 Å². The van der Waals surface area contributed by atoms with Gasteiger partial charge in [-0.1, -0.05) is 37.5 Å². The molecule has 1 aromatic rings. The number of para-hydroxylation sites is 1. The molecule has 0 saturated heterocycles. The molecule has 1 aliphatic rings. The molecule has 104 valence electrons. The first kappa shape index (κ1) is 13.7. The third kappa shape index (κ3) is 4.16. The van der Waals surface area contributed by atoms with E-state index < -0.39 is 0 Å². The number of urea groups is 1. The molecule has 0 bridgehead atoms. The van der Waals surface area contributed by atoms with Crippen molar-refractivity contribution >= 4 is 6.03 Å². The minimum atomic E-state index is -0.0529. The van der Waals surface area contributed by atoms with Gasteiger partial charge in [0.25, 0.3) is 0 Å². The van der Waals surface area contributed by atoms with Gasteiger partial charge in [-0.15, -0.1) is 0 Å². The van der Waals surface area contributed by atoms with Gasteiger partial charge in [0.15, 0.2) is 6.73 Å². The lowest BCUT2D eigenvalue weighted by Gasteiger charge is -2.31. The van der Waals surface area contributed by atoms with Crippen LogP contribution in [0, 0.1) is 0 Å². The highest BCUT2D eigenvalue weighted by atomic mass is 16.5. The van der Waals surface area contributed by atoms with E-state index in [1.54, 1.807) is 0 Å². The number of amides is 2. The number of benzene rings is 1. The van der Waals surface area contributed by atoms with Crippen LogP contribution in [0.1, 0.15) is 32.1 Å². The zero-order chi connectivity index (χ0) is 13.5. The van der Waals surface area contributed by atoms with E-state index in [9.17, 15) is 4.79 Å². The fourth-order valence-corrected chi connectivity index (χ4v) is 2.46. The van der Waals surface area contributed by atoms with Gasteiger partial charge in [-0.2, -0.15) is 0 Å². The summed E-state index contributed by atoms with van der Waals surface area (Å²) in [5.74, 6) is 0.767. The molecule has 0 spiro atoms. The van der Waals surface area contributed by atoms with Crippen LogP contribution in [-0.4, -0.2) is 30.8 Å². The SMILES string of the molecule is CN(C(=O)NCOc1ccccc1)C1CCCCC1. The Morgan fingerprint density at radius 3 is 2.63 bits per heavy atom. The molecule has 0 aliphatic heterocycles. The molecule has 0 heterocycles. The van der Waals surface area contributed by atoms with E-state index in [4.69, 9.17) is 4.74 Å². The second-order valence-corrected chi connectivity index (χ2v) is 4.99. The topological polar surface area (TPSA) is 41.6 Å². The number of carbonyl (C=O) groups excluding carboxylic acids is 1. The van der Waals surface area contributed by atoms with Crippen LogP contribution in [0.2, 0.25) is 0 Å². The van der Waals surface area contributed by atoms with Crippen molar-refractivity contribution in [1.82, 2.24) is 10.2 Å². The maximum atomic E-state index is 12.0. The Balaban J connectivity index is 1.71. The lowest BCUT2D eigenvalue weighted by molar-refractivity contribution is 0.163. The monoisotopic (exact) mass is 262 g/mol. The minimum Gasteiger partial charge on any atom is -0.473 e. The van der Waals surface area contributed by atoms with Gasteiger partial charge in [-0.05, 0) is 25.0 Å². The normalized spacial score (nSPS) is 15.8. The molecule has 0 radical (unpaired) electrons. The maximum absolute atomic E-state index is 12.0. The molecule has 4 nitrogen and oxygen atoms in total. The molecule has 1 N–H and O–H groups in total. The van der Waals surface area contributed by atoms with E-state index >= 15 is 0 Å². The summed E-state index contributed by atoms with van der Waals surface area (Å²) in [6.07, 6.45) is 5.97. The van der Waals surface area contributed by atoms with Gasteiger partial charge in [-0.3, -0.25) is 0 Å². The van der Waals surface area contributed by atoms with Gasteiger partial charge in [0, 0.05) is 13.1 Å². The number of carbonyl (C=O) groups is 1. The number of ether oxygens (including phenoxy) is 1. The Morgan fingerprint density at radius 2 is 1.95 bits per heavy atom. The Morgan fingerprint density at radius 1 is 1.26 bits per heavy atom. The van der Waals surface area contributed by atoms with Crippen LogP contribution in [0.25, 0.3) is 0 Å². The summed E-state index contributed by atoms with van der Waals surface area (Å²) < 4.78 is 5.46. The number of rotatable bonds is 4. The summed E-state index contributed by atoms with van der Waals surface area (Å²) in [6.45, 7) is 0.208. The largest absolute Gasteiger partial charge is 0.473 e. The number of nitrogens with zero attached hydrogens (tertiary/aromatic N) is 1. The Hall–Kier alpha value is -1.71. The first-order valence-corrected chi connectivity index (χ1v) is 6.96. The van der Waals surface area contributed by atoms with Crippen LogP contribution in [0.3, 0.4) is 0 Å². The van der Waals surface area contributed by atoms with Crippen molar-refractivity contribution in [2.75, 3.05) is 13.8 Å². The molecule has 1 saturated carbocycles. The fraction of sp³-hybridized carbons (Fsp3) is 0.533. The van der Waals surface area contributed by atoms with Crippen LogP contribution in [0.4, 0.5) is 4.79 Å². The fourth-order valence-electron chi connectivity index (χ4n) is 2.46. The highest BCUT2D eigenvalue weighted by molar-refractivity contribution is 5.74. The molecule has 0 atom stereocenters. The van der Waals surface area contributed by atoms with E-state index in [0.29, 0.717) is 6.04 Å². The van der Waals surface area contributed by atoms with Crippen molar-refractivity contribution in [3.05, 3.63) is 30.3 Å². The Bertz CT molecular complexity index is 388. The van der Waals surface area contributed by atoms with Crippen molar-refractivity contribution in [3.63, 3.8) is 0 Å². The maximum Gasteiger partial charge on any atom is 0.319 e. The summed E-state index contributed by atoms with van der Waals surface area (Å²) in [6, 6.07) is 9.82. The molecular formula is C15H22N2O2. The van der Waals surface area contributed by atoms with Gasteiger partial charge in [0.05, 0.1) is 0 Å². The minimum absolute atomic E-state index is 0.0529. The van der Waals surface area contributed by atoms with Crippen molar-refractivity contribution < 1.29 is 9.53 Å². The second kappa shape index (κ2) is 7.02. The molecule has 1 aromatic carbocycles. The van der Waals surface area contributed by atoms with Gasteiger partial charge in [0.1, 0.15) is 5.75 Å². The van der Waals surface area contributed by atoms with Crippen LogP contribution in [-0.2, 0) is 0 Å². The average molecular weight is 262 g/mol. The first-order chi connectivity index (χ1) is 9.27. The molecule has 4 heteroatoms. The van der Waals surface area contributed by atoms with Crippen molar-refractivity contribution in [1.29, 1.82) is 0 Å². The van der Waals surface area contributed by atoms with E-state index in [2.05, 4.69) is 5.32 Å². The second-order valence-electron chi connectivity index (χ2n) is 4.99. The molecule has 1 fully saturated rings. The van der Waals surface area contributed by atoms with Crippen molar-refractivity contribution in [3.8, 4) is 5.75 Å². The van der Waals surface area contributed by atoms with E-state index in [1.165, 1.54) is 19.3 Å². The highest BCUT2D eigenvalue weighted by Gasteiger charge is 2.21.